The first kappa shape index (κ1) is 27.7. The molecule has 0 aliphatic rings. The quantitative estimate of drug-likeness (QED) is 0.271. The van der Waals surface area contributed by atoms with Gasteiger partial charge in [-0.15, -0.1) is 0 Å². The van der Waals surface area contributed by atoms with Gasteiger partial charge < -0.3 is 0 Å². The van der Waals surface area contributed by atoms with Crippen LogP contribution >= 0.6 is 7.26 Å². The number of hydrogen-bond acceptors (Lipinski definition) is 0. The number of benzene rings is 1. The minimum atomic E-state index is -1.22. The van der Waals surface area contributed by atoms with Crippen LogP contribution in [0.1, 0.15) is 124 Å². The second kappa shape index (κ2) is 12.6. The first-order valence-corrected chi connectivity index (χ1v) is 15.9. The standard InChI is InChI=1S/C29H55P/c1-10-13-20-30(21-14-11-2,22-15-12-3)24-25-16-18-26(19-17-25)27(29(7,8)9)23-28(4,5)6/h16-19,27,30H,10-15,20-24H2,1-9H3. The van der Waals surface area contributed by atoms with E-state index in [0.29, 0.717) is 16.7 Å². The molecule has 0 amide bonds. The van der Waals surface area contributed by atoms with Gasteiger partial charge in [-0.2, -0.15) is 0 Å². The summed E-state index contributed by atoms with van der Waals surface area (Å²) in [5, 5.41) is 0. The van der Waals surface area contributed by atoms with Gasteiger partial charge in [-0.25, -0.2) is 0 Å². The average Bonchev–Trinajstić information content (AvgIpc) is 2.66. The second-order valence-corrected chi connectivity index (χ2v) is 17.3. The average molecular weight is 435 g/mol. The van der Waals surface area contributed by atoms with Crippen LogP contribution in [0.5, 0.6) is 0 Å². The van der Waals surface area contributed by atoms with Gasteiger partial charge in [0.05, 0.1) is 0 Å². The predicted octanol–water partition coefficient (Wildman–Crippen LogP) is 9.90. The molecule has 0 heterocycles. The van der Waals surface area contributed by atoms with Crippen molar-refractivity contribution in [3.63, 3.8) is 0 Å². The van der Waals surface area contributed by atoms with Gasteiger partial charge in [-0.3, -0.25) is 0 Å². The van der Waals surface area contributed by atoms with Gasteiger partial charge >= 0.3 is 191 Å². The van der Waals surface area contributed by atoms with Gasteiger partial charge in [0, 0.05) is 0 Å². The summed E-state index contributed by atoms with van der Waals surface area (Å²) in [5.74, 6) is 0.619. The molecule has 0 aromatic heterocycles. The zero-order chi connectivity index (χ0) is 22.8. The van der Waals surface area contributed by atoms with E-state index in [0.717, 1.165) is 0 Å². The van der Waals surface area contributed by atoms with Crippen molar-refractivity contribution in [2.45, 2.75) is 119 Å². The molecule has 0 radical (unpaired) electrons. The van der Waals surface area contributed by atoms with E-state index in [2.05, 4.69) is 86.6 Å². The van der Waals surface area contributed by atoms with Crippen molar-refractivity contribution in [1.82, 2.24) is 0 Å². The van der Waals surface area contributed by atoms with Crippen molar-refractivity contribution in [1.29, 1.82) is 0 Å². The molecule has 1 aromatic rings. The van der Waals surface area contributed by atoms with Crippen LogP contribution in [0.3, 0.4) is 0 Å². The third kappa shape index (κ3) is 9.85. The van der Waals surface area contributed by atoms with Gasteiger partial charge in [-0.1, -0.05) is 0 Å². The Labute approximate surface area is 191 Å². The summed E-state index contributed by atoms with van der Waals surface area (Å²) in [6.45, 7) is 21.5. The summed E-state index contributed by atoms with van der Waals surface area (Å²) < 4.78 is 0. The van der Waals surface area contributed by atoms with E-state index in [9.17, 15) is 0 Å². The molecule has 0 spiro atoms. The Morgan fingerprint density at radius 2 is 1.13 bits per heavy atom. The van der Waals surface area contributed by atoms with E-state index in [4.69, 9.17) is 0 Å². The van der Waals surface area contributed by atoms with Crippen LogP contribution in [0.15, 0.2) is 24.3 Å². The molecule has 1 rings (SSSR count). The minimum absolute atomic E-state index is 0.302. The number of rotatable bonds is 13. The van der Waals surface area contributed by atoms with Crippen molar-refractivity contribution in [2.24, 2.45) is 10.8 Å². The normalized spacial score (nSPS) is 14.7. The molecule has 0 nitrogen and oxygen atoms in total. The van der Waals surface area contributed by atoms with Crippen molar-refractivity contribution in [2.75, 3.05) is 18.5 Å². The molecule has 1 aromatic carbocycles. The first-order valence-electron chi connectivity index (χ1n) is 13.0. The van der Waals surface area contributed by atoms with Crippen LogP contribution < -0.4 is 0 Å². The molecule has 0 saturated carbocycles. The Morgan fingerprint density at radius 1 is 0.700 bits per heavy atom. The molecule has 1 heteroatoms. The molecular formula is C29H55P. The fraction of sp³-hybridized carbons (Fsp3) is 0.793. The molecule has 0 aliphatic carbocycles. The van der Waals surface area contributed by atoms with Crippen LogP contribution in [0.4, 0.5) is 0 Å². The molecule has 176 valence electrons. The Morgan fingerprint density at radius 3 is 1.47 bits per heavy atom. The molecular weight excluding hydrogens is 379 g/mol. The van der Waals surface area contributed by atoms with Gasteiger partial charge in [0.2, 0.25) is 0 Å². The fourth-order valence-electron chi connectivity index (χ4n) is 5.13. The fourth-order valence-corrected chi connectivity index (χ4v) is 10.8. The van der Waals surface area contributed by atoms with Gasteiger partial charge in [0.1, 0.15) is 0 Å². The summed E-state index contributed by atoms with van der Waals surface area (Å²) in [4.78, 5) is 0. The topological polar surface area (TPSA) is 0 Å². The molecule has 1 atom stereocenters. The predicted molar refractivity (Wildman–Crippen MR) is 144 cm³/mol. The summed E-state index contributed by atoms with van der Waals surface area (Å²) in [5.41, 5.74) is 3.83. The molecule has 0 N–H and O–H groups in total. The molecule has 30 heavy (non-hydrogen) atoms. The summed E-state index contributed by atoms with van der Waals surface area (Å²) in [6, 6.07) is 9.97. The molecule has 0 fully saturated rings. The van der Waals surface area contributed by atoms with Gasteiger partial charge in [0.25, 0.3) is 0 Å². The van der Waals surface area contributed by atoms with Crippen LogP contribution in [0.25, 0.3) is 0 Å². The van der Waals surface area contributed by atoms with Crippen molar-refractivity contribution >= 4 is 7.26 Å². The van der Waals surface area contributed by atoms with Crippen LogP contribution in [-0.2, 0) is 6.16 Å². The Hall–Kier alpha value is -0.350. The summed E-state index contributed by atoms with van der Waals surface area (Å²) in [6.07, 6.45) is 15.7. The van der Waals surface area contributed by atoms with E-state index < -0.39 is 7.26 Å². The summed E-state index contributed by atoms with van der Waals surface area (Å²) >= 11 is 0. The molecule has 1 unspecified atom stereocenters. The third-order valence-corrected chi connectivity index (χ3v) is 12.4. The van der Waals surface area contributed by atoms with Gasteiger partial charge in [0.15, 0.2) is 0 Å². The molecule has 0 aliphatic heterocycles. The second-order valence-electron chi connectivity index (χ2n) is 12.4. The third-order valence-electron chi connectivity index (χ3n) is 7.01. The Balaban J connectivity index is 3.10. The Kier molecular flexibility index (Phi) is 11.7. The van der Waals surface area contributed by atoms with E-state index in [1.165, 1.54) is 51.1 Å². The molecule has 0 bridgehead atoms. The number of unbranched alkanes of at least 4 members (excludes halogenated alkanes) is 3. The van der Waals surface area contributed by atoms with Crippen LogP contribution in [-0.4, -0.2) is 18.5 Å². The maximum absolute atomic E-state index is 2.50. The first-order chi connectivity index (χ1) is 14.0. The summed E-state index contributed by atoms with van der Waals surface area (Å²) in [7, 11) is -1.22. The van der Waals surface area contributed by atoms with Crippen molar-refractivity contribution in [3.05, 3.63) is 35.4 Å². The van der Waals surface area contributed by atoms with Crippen molar-refractivity contribution < 1.29 is 0 Å². The monoisotopic (exact) mass is 434 g/mol. The molecule has 0 saturated heterocycles. The van der Waals surface area contributed by atoms with Gasteiger partial charge in [-0.05, 0) is 0 Å². The van der Waals surface area contributed by atoms with E-state index in [-0.39, 0.29) is 0 Å². The van der Waals surface area contributed by atoms with E-state index >= 15 is 0 Å². The van der Waals surface area contributed by atoms with E-state index in [1.54, 1.807) is 29.6 Å². The SMILES string of the molecule is CCCC[PH](CCCC)(CCCC)Cc1ccc(C(CC(C)(C)C)C(C)(C)C)cc1. The zero-order valence-electron chi connectivity index (χ0n) is 22.2. The Bertz CT molecular complexity index is 548. The van der Waals surface area contributed by atoms with Crippen LogP contribution in [0.2, 0.25) is 0 Å². The van der Waals surface area contributed by atoms with Crippen molar-refractivity contribution in [3.8, 4) is 0 Å². The maximum atomic E-state index is 2.50. The van der Waals surface area contributed by atoms with E-state index in [1.807, 2.05) is 0 Å². The zero-order valence-corrected chi connectivity index (χ0v) is 23.2. The number of hydrogen-bond donors (Lipinski definition) is 0. The van der Waals surface area contributed by atoms with Crippen LogP contribution in [0, 0.1) is 10.8 Å².